The van der Waals surface area contributed by atoms with Crippen LogP contribution >= 0.6 is 28.5 Å². The maximum absolute atomic E-state index is 5.67. The van der Waals surface area contributed by atoms with Crippen molar-refractivity contribution < 1.29 is 10.9 Å². The molecule has 0 amide bonds. The summed E-state index contributed by atoms with van der Waals surface area (Å²) in [4.78, 5) is 11.3. The van der Waals surface area contributed by atoms with Crippen LogP contribution in [0.3, 0.4) is 0 Å². The quantitative estimate of drug-likeness (QED) is 0.0828. The van der Waals surface area contributed by atoms with E-state index in [-0.39, 0.29) is 0 Å². The van der Waals surface area contributed by atoms with Crippen molar-refractivity contribution in [1.29, 1.82) is 0 Å². The van der Waals surface area contributed by atoms with Crippen molar-refractivity contribution in [3.63, 3.8) is 0 Å². The van der Waals surface area contributed by atoms with E-state index in [9.17, 15) is 0 Å². The van der Waals surface area contributed by atoms with E-state index in [0.29, 0.717) is 23.7 Å². The second-order valence-corrected chi connectivity index (χ2v) is 18.2. The summed E-state index contributed by atoms with van der Waals surface area (Å²) < 4.78 is 2.11. The Kier molecular flexibility index (Phi) is 14.7. The number of aromatic nitrogens is 1. The van der Waals surface area contributed by atoms with Gasteiger partial charge in [-0.05, 0) is 58.1 Å². The predicted octanol–water partition coefficient (Wildman–Crippen LogP) is 13.2. The molecule has 0 unspecified atom stereocenters. The third-order valence-electron chi connectivity index (χ3n) is 8.41. The van der Waals surface area contributed by atoms with E-state index in [4.69, 9.17) is 9.98 Å². The zero-order valence-corrected chi connectivity index (χ0v) is 33.9. The molecule has 5 rings (SSSR count). The fourth-order valence-electron chi connectivity index (χ4n) is 5.91. The minimum absolute atomic E-state index is 0.309. The van der Waals surface area contributed by atoms with E-state index in [0.717, 1.165) is 34.2 Å². The zero-order valence-electron chi connectivity index (χ0n) is 29.7. The Morgan fingerprint density at radius 1 is 0.490 bits per heavy atom. The van der Waals surface area contributed by atoms with Gasteiger partial charge >= 0.3 is 39.3 Å². The van der Waals surface area contributed by atoms with Gasteiger partial charge in [-0.1, -0.05) is 152 Å². The molecule has 0 atom stereocenters. The van der Waals surface area contributed by atoms with Crippen molar-refractivity contribution in [1.82, 2.24) is 4.68 Å². The maximum atomic E-state index is 5.67. The summed E-state index contributed by atoms with van der Waals surface area (Å²) in [6.07, 6.45) is 4.15. The predicted molar refractivity (Wildman–Crippen MR) is 215 cm³/mol. The first-order valence-electron chi connectivity index (χ1n) is 16.9. The normalized spacial score (nSPS) is 12.2. The summed E-state index contributed by atoms with van der Waals surface area (Å²) in [5.41, 5.74) is 9.01. The molecule has 49 heavy (non-hydrogen) atoms. The summed E-state index contributed by atoms with van der Waals surface area (Å²) in [6, 6.07) is 38.4. The molecule has 0 bridgehead atoms. The fraction of sp³-hybridized carbons (Fsp3) is 0.286. The number of benzene rings is 4. The van der Waals surface area contributed by atoms with Gasteiger partial charge in [-0.3, -0.25) is 4.68 Å². The molecule has 0 aliphatic heterocycles. The van der Waals surface area contributed by atoms with Gasteiger partial charge in [0.05, 0.1) is 11.4 Å². The van der Waals surface area contributed by atoms with Crippen LogP contribution in [0.25, 0.3) is 0 Å². The number of rotatable bonds is 9. The number of hydrogen-bond acceptors (Lipinski definition) is 2. The van der Waals surface area contributed by atoms with Crippen LogP contribution in [0.5, 0.6) is 0 Å². The molecule has 5 aromatic rings. The second kappa shape index (κ2) is 18.7. The fourth-order valence-corrected chi connectivity index (χ4v) is 5.91. The Morgan fingerprint density at radius 2 is 0.796 bits per heavy atom. The van der Waals surface area contributed by atoms with E-state index in [1.165, 1.54) is 33.2 Å². The Labute approximate surface area is 314 Å². The first-order chi connectivity index (χ1) is 23.6. The van der Waals surface area contributed by atoms with Crippen molar-refractivity contribution >= 4 is 51.5 Å². The molecule has 0 aliphatic rings. The molecule has 0 saturated carbocycles. The number of halogens is 2. The Hall–Kier alpha value is -3.25. The second-order valence-electron chi connectivity index (χ2n) is 13.2. The number of aliphatic imine (C=N–C) groups is 2. The first kappa shape index (κ1) is 38.6. The Morgan fingerprint density at radius 3 is 1.08 bits per heavy atom. The van der Waals surface area contributed by atoms with Gasteiger partial charge in [0, 0.05) is 23.5 Å². The summed E-state index contributed by atoms with van der Waals surface area (Å²) in [7, 11) is 1.25. The van der Waals surface area contributed by atoms with Crippen LogP contribution in [0.15, 0.2) is 132 Å². The van der Waals surface area contributed by atoms with Crippen molar-refractivity contribution in [2.24, 2.45) is 9.98 Å². The molecular weight excluding hydrogens is 779 g/mol. The van der Waals surface area contributed by atoms with Gasteiger partial charge in [0.15, 0.2) is 11.7 Å². The van der Waals surface area contributed by atoms with Crippen molar-refractivity contribution in [3.05, 3.63) is 155 Å². The minimum atomic E-state index is 0.309. The summed E-state index contributed by atoms with van der Waals surface area (Å²) >= 11 is 6.00. The molecular formula is C42H48Br2N4Ni. The average molecular weight is 827 g/mol. The summed E-state index contributed by atoms with van der Waals surface area (Å²) in [5.74, 6) is 2.85. The molecule has 4 aromatic carbocycles. The van der Waals surface area contributed by atoms with Gasteiger partial charge in [-0.15, -0.1) is 0 Å². The molecule has 260 valence electrons. The zero-order chi connectivity index (χ0) is 35.5. The molecule has 1 aromatic heterocycles. The molecule has 0 radical (unpaired) electrons. The summed E-state index contributed by atoms with van der Waals surface area (Å²) in [5, 5.41) is 2.19. The molecule has 1 heterocycles. The van der Waals surface area contributed by atoms with Crippen LogP contribution in [0.1, 0.15) is 112 Å². The van der Waals surface area contributed by atoms with Crippen molar-refractivity contribution in [2.45, 2.75) is 79.1 Å². The number of hydrogen-bond donors (Lipinski definition) is 0. The Balaban J connectivity index is 0.00000174. The van der Waals surface area contributed by atoms with Crippen LogP contribution in [0.4, 0.5) is 11.4 Å². The topological polar surface area (TPSA) is 32.9 Å². The molecule has 0 saturated heterocycles. The molecule has 4 nitrogen and oxygen atoms in total. The molecule has 0 aliphatic carbocycles. The average Bonchev–Trinajstić information content (AvgIpc) is 3.63. The van der Waals surface area contributed by atoms with Crippen LogP contribution in [0, 0.1) is 0 Å². The number of para-hydroxylation sites is 2. The van der Waals surface area contributed by atoms with E-state index in [1.54, 1.807) is 0 Å². The third-order valence-corrected chi connectivity index (χ3v) is 8.41. The molecule has 0 fully saturated rings. The summed E-state index contributed by atoms with van der Waals surface area (Å²) in [6.45, 7) is 18.0. The van der Waals surface area contributed by atoms with E-state index in [2.05, 4.69) is 215 Å². The first-order valence-corrected chi connectivity index (χ1v) is 21.8. The molecule has 0 spiro atoms. The van der Waals surface area contributed by atoms with Gasteiger partial charge in [-0.25, -0.2) is 15.0 Å². The van der Waals surface area contributed by atoms with Gasteiger partial charge in [0.25, 0.3) is 0 Å². The van der Waals surface area contributed by atoms with Gasteiger partial charge in [0.2, 0.25) is 0 Å². The van der Waals surface area contributed by atoms with Crippen LogP contribution < -0.4 is 5.01 Å². The number of amidine groups is 2. The monoisotopic (exact) mass is 824 g/mol. The SMILES string of the molecule is CC(C)c1cccc(C(C)C)c1N=C(c1ccccc1)N(C(=Nc1c(C(C)C)cccc1C(C)C)c1ccccc1)n1cccc1.[Br][Ni][Br]. The van der Waals surface area contributed by atoms with Crippen LogP contribution in [-0.4, -0.2) is 16.3 Å². The van der Waals surface area contributed by atoms with Gasteiger partial charge in [0.1, 0.15) is 0 Å². The number of nitrogens with zero attached hydrogens (tertiary/aromatic N) is 4. The third kappa shape index (κ3) is 9.72. The van der Waals surface area contributed by atoms with E-state index < -0.39 is 0 Å². The Bertz CT molecular complexity index is 1640. The van der Waals surface area contributed by atoms with Gasteiger partial charge < -0.3 is 0 Å². The standard InChI is InChI=1S/C42H48N4.2BrH.Ni/c1-29(2)35-23-17-24-36(30(3)4)39(35)43-41(33-19-11-9-12-20-33)46(45-27-15-16-28-45)42(34-21-13-10-14-22-34)44-40-37(31(5)6)25-18-26-38(40)32(7)8;;;/h9-32H,1-8H3;2*1H;/q;;;+2/p-2. The van der Waals surface area contributed by atoms with E-state index >= 15 is 0 Å². The molecule has 7 heteroatoms. The molecule has 0 N–H and O–H groups in total. The van der Waals surface area contributed by atoms with Crippen LogP contribution in [0.2, 0.25) is 0 Å². The van der Waals surface area contributed by atoms with Crippen molar-refractivity contribution in [2.75, 3.05) is 5.01 Å². The van der Waals surface area contributed by atoms with Crippen molar-refractivity contribution in [3.8, 4) is 0 Å². The van der Waals surface area contributed by atoms with Crippen LogP contribution in [-0.2, 0) is 10.9 Å². The van der Waals surface area contributed by atoms with Gasteiger partial charge in [-0.2, -0.15) is 0 Å². The van der Waals surface area contributed by atoms with E-state index in [1.807, 2.05) is 0 Å².